The summed E-state index contributed by atoms with van der Waals surface area (Å²) in [6.07, 6.45) is 0.333. The number of halogens is 1. The largest absolute Gasteiger partial charge is 0.444 e. The van der Waals surface area contributed by atoms with Gasteiger partial charge in [-0.1, -0.05) is 11.6 Å². The summed E-state index contributed by atoms with van der Waals surface area (Å²) in [4.78, 5) is 28.0. The van der Waals surface area contributed by atoms with Gasteiger partial charge in [0, 0.05) is 19.6 Å². The zero-order valence-electron chi connectivity index (χ0n) is 14.8. The molecule has 2 rings (SSSR count). The van der Waals surface area contributed by atoms with Gasteiger partial charge < -0.3 is 25.4 Å². The summed E-state index contributed by atoms with van der Waals surface area (Å²) in [5.74, 6) is -0.204. The quantitative estimate of drug-likeness (QED) is 0.591. The number of nitrogens with one attached hydrogen (secondary N) is 1. The molecule has 1 aliphatic heterocycles. The van der Waals surface area contributed by atoms with E-state index >= 15 is 0 Å². The van der Waals surface area contributed by atoms with Crippen molar-refractivity contribution in [2.45, 2.75) is 32.5 Å². The van der Waals surface area contributed by atoms with Gasteiger partial charge in [0.15, 0.2) is 0 Å². The Morgan fingerprint density at radius 2 is 2.31 bits per heavy atom. The second kappa shape index (κ2) is 7.92. The second-order valence-electron chi connectivity index (χ2n) is 6.77. The fraction of sp³-hybridized carbons (Fsp3) is 0.600. The highest BCUT2D eigenvalue weighted by Crippen LogP contribution is 2.39. The summed E-state index contributed by atoms with van der Waals surface area (Å²) in [6.45, 7) is 6.49. The molecule has 1 aromatic rings. The fourth-order valence-electron chi connectivity index (χ4n) is 2.52. The van der Waals surface area contributed by atoms with E-state index in [0.717, 1.165) is 0 Å². The molecule has 0 radical (unpaired) electrons. The molecule has 1 atom stereocenters. The molecule has 3 N–H and O–H groups in total. The topological polar surface area (TPSA) is 133 Å². The first kappa shape index (κ1) is 20.0. The molecule has 1 aromatic heterocycles. The van der Waals surface area contributed by atoms with Gasteiger partial charge in [-0.15, -0.1) is 0 Å². The van der Waals surface area contributed by atoms with Gasteiger partial charge >= 0.3 is 11.8 Å². The maximum atomic E-state index is 11.8. The van der Waals surface area contributed by atoms with Crippen molar-refractivity contribution in [3.8, 4) is 0 Å². The highest BCUT2D eigenvalue weighted by Gasteiger charge is 2.31. The van der Waals surface area contributed by atoms with Crippen molar-refractivity contribution in [3.05, 3.63) is 21.3 Å². The first-order chi connectivity index (χ1) is 12.1. The maximum Gasteiger partial charge on any atom is 0.407 e. The summed E-state index contributed by atoms with van der Waals surface area (Å²) in [7, 11) is 0. The Morgan fingerprint density at radius 3 is 2.92 bits per heavy atom. The lowest BCUT2D eigenvalue weighted by molar-refractivity contribution is -0.383. The van der Waals surface area contributed by atoms with Gasteiger partial charge in [-0.3, -0.25) is 10.1 Å². The van der Waals surface area contributed by atoms with E-state index in [1.54, 1.807) is 25.7 Å². The van der Waals surface area contributed by atoms with Crippen molar-refractivity contribution in [2.24, 2.45) is 0 Å². The van der Waals surface area contributed by atoms with E-state index in [4.69, 9.17) is 26.8 Å². The normalized spacial score (nSPS) is 17.7. The van der Waals surface area contributed by atoms with Crippen molar-refractivity contribution in [2.75, 3.05) is 36.9 Å². The predicted molar refractivity (Wildman–Crippen MR) is 96.5 cm³/mol. The molecule has 1 saturated heterocycles. The summed E-state index contributed by atoms with van der Waals surface area (Å²) in [6, 6.07) is 0. The molecule has 0 aliphatic carbocycles. The predicted octanol–water partition coefficient (Wildman–Crippen LogP) is 1.96. The average Bonchev–Trinajstić information content (AvgIpc) is 2.53. The van der Waals surface area contributed by atoms with Gasteiger partial charge in [0.2, 0.25) is 5.82 Å². The molecule has 1 aliphatic rings. The number of hydrogen-bond acceptors (Lipinski definition) is 8. The third-order valence-electron chi connectivity index (χ3n) is 3.52. The van der Waals surface area contributed by atoms with E-state index in [1.807, 2.05) is 0 Å². The minimum absolute atomic E-state index is 0.131. The summed E-state index contributed by atoms with van der Waals surface area (Å²) < 4.78 is 10.8. The van der Waals surface area contributed by atoms with Crippen LogP contribution in [0.4, 0.5) is 22.0 Å². The molecule has 0 aromatic carbocycles. The van der Waals surface area contributed by atoms with Crippen LogP contribution in [0.3, 0.4) is 0 Å². The Labute approximate surface area is 155 Å². The molecule has 26 heavy (non-hydrogen) atoms. The monoisotopic (exact) mass is 387 g/mol. The maximum absolute atomic E-state index is 11.8. The number of nitro groups is 1. The Balaban J connectivity index is 2.08. The van der Waals surface area contributed by atoms with Crippen molar-refractivity contribution < 1.29 is 19.2 Å². The van der Waals surface area contributed by atoms with Crippen LogP contribution in [0.5, 0.6) is 0 Å². The number of rotatable bonds is 4. The number of morpholine rings is 1. The Hall–Kier alpha value is -2.33. The van der Waals surface area contributed by atoms with Crippen LogP contribution in [-0.4, -0.2) is 53.9 Å². The number of anilines is 2. The number of pyridine rings is 1. The Bertz CT molecular complexity index is 694. The lowest BCUT2D eigenvalue weighted by Gasteiger charge is -2.34. The lowest BCUT2D eigenvalue weighted by atomic mass is 10.2. The van der Waals surface area contributed by atoms with Gasteiger partial charge in [0.25, 0.3) is 0 Å². The zero-order chi connectivity index (χ0) is 19.5. The van der Waals surface area contributed by atoms with Crippen LogP contribution >= 0.6 is 11.6 Å². The van der Waals surface area contributed by atoms with Crippen molar-refractivity contribution >= 4 is 34.9 Å². The van der Waals surface area contributed by atoms with Gasteiger partial charge in [-0.25, -0.2) is 9.78 Å². The first-order valence-electron chi connectivity index (χ1n) is 8.00. The highest BCUT2D eigenvalue weighted by molar-refractivity contribution is 6.33. The molecule has 1 unspecified atom stereocenters. The molecular weight excluding hydrogens is 366 g/mol. The molecule has 1 fully saturated rings. The smallest absolute Gasteiger partial charge is 0.407 e. The molecule has 144 valence electrons. The Kier molecular flexibility index (Phi) is 6.09. The number of nitrogen functional groups attached to an aromatic ring is 1. The molecular formula is C15H22ClN5O5. The number of ether oxygens (including phenoxy) is 2. The van der Waals surface area contributed by atoms with Gasteiger partial charge in [-0.05, 0) is 20.8 Å². The number of nitrogens with zero attached hydrogens (tertiary/aromatic N) is 3. The molecule has 0 spiro atoms. The highest BCUT2D eigenvalue weighted by atomic mass is 35.5. The van der Waals surface area contributed by atoms with Crippen LogP contribution in [-0.2, 0) is 9.47 Å². The third-order valence-corrected chi connectivity index (χ3v) is 3.80. The van der Waals surface area contributed by atoms with Gasteiger partial charge in [0.1, 0.15) is 11.3 Å². The first-order valence-corrected chi connectivity index (χ1v) is 8.38. The zero-order valence-corrected chi connectivity index (χ0v) is 15.6. The summed E-state index contributed by atoms with van der Waals surface area (Å²) >= 11 is 6.13. The van der Waals surface area contributed by atoms with E-state index in [9.17, 15) is 14.9 Å². The summed E-state index contributed by atoms with van der Waals surface area (Å²) in [5, 5.41) is 14.1. The second-order valence-corrected chi connectivity index (χ2v) is 7.17. The number of carbonyl (C=O) groups is 1. The molecule has 0 saturated carbocycles. The Morgan fingerprint density at radius 1 is 1.62 bits per heavy atom. The van der Waals surface area contributed by atoms with Crippen LogP contribution in [0, 0.1) is 10.1 Å². The van der Waals surface area contributed by atoms with Crippen LogP contribution in [0.1, 0.15) is 20.8 Å². The van der Waals surface area contributed by atoms with Crippen LogP contribution in [0.2, 0.25) is 5.02 Å². The fourth-order valence-corrected chi connectivity index (χ4v) is 2.78. The number of nitrogens with two attached hydrogens (primary N) is 1. The van der Waals surface area contributed by atoms with E-state index in [0.29, 0.717) is 19.7 Å². The number of carbonyl (C=O) groups excluding carboxylic acids is 1. The number of alkyl carbamates (subject to hydrolysis) is 1. The molecule has 10 nitrogen and oxygen atoms in total. The van der Waals surface area contributed by atoms with Crippen molar-refractivity contribution in [1.82, 2.24) is 10.3 Å². The SMILES string of the molecule is CC(C)(C)OC(=O)NCC1CN(c2c(Cl)cnc(N)c2[N+](=O)[O-])CCO1. The van der Waals surface area contributed by atoms with Crippen LogP contribution in [0.25, 0.3) is 0 Å². The van der Waals surface area contributed by atoms with E-state index in [2.05, 4.69) is 10.3 Å². The van der Waals surface area contributed by atoms with Gasteiger partial charge in [-0.2, -0.15) is 0 Å². The van der Waals surface area contributed by atoms with E-state index in [-0.39, 0.29) is 34.9 Å². The number of amides is 1. The molecule has 0 bridgehead atoms. The van der Waals surface area contributed by atoms with Crippen LogP contribution < -0.4 is 16.0 Å². The standard InChI is InChI=1S/C15H22ClN5O5/c1-15(2,3)26-14(22)19-6-9-8-20(4-5-25-9)11-10(16)7-18-13(17)12(11)21(23)24/h7,9H,4-6,8H2,1-3H3,(H2,17,18)(H,19,22). The summed E-state index contributed by atoms with van der Waals surface area (Å²) in [5.41, 5.74) is 4.91. The molecule has 2 heterocycles. The third kappa shape index (κ3) is 5.09. The minimum Gasteiger partial charge on any atom is -0.444 e. The van der Waals surface area contributed by atoms with Gasteiger partial charge in [0.05, 0.1) is 28.9 Å². The minimum atomic E-state index is -0.605. The number of hydrogen-bond donors (Lipinski definition) is 2. The van der Waals surface area contributed by atoms with E-state index < -0.39 is 16.6 Å². The number of aromatic nitrogens is 1. The molecule has 11 heteroatoms. The lowest BCUT2D eigenvalue weighted by Crippen LogP contribution is -2.48. The molecule has 1 amide bonds. The van der Waals surface area contributed by atoms with Crippen molar-refractivity contribution in [1.29, 1.82) is 0 Å². The van der Waals surface area contributed by atoms with Crippen LogP contribution in [0.15, 0.2) is 6.20 Å². The van der Waals surface area contributed by atoms with Crippen molar-refractivity contribution in [3.63, 3.8) is 0 Å². The average molecular weight is 388 g/mol. The van der Waals surface area contributed by atoms with E-state index in [1.165, 1.54) is 6.20 Å².